The number of hydrogen-bond acceptors (Lipinski definition) is 18. The van der Waals surface area contributed by atoms with Crippen molar-refractivity contribution in [3.05, 3.63) is 85.1 Å². The van der Waals surface area contributed by atoms with Crippen molar-refractivity contribution in [1.82, 2.24) is 5.32 Å². The molecule has 0 bridgehead atoms. The fraction of sp³-hybridized carbons (Fsp3) is 0.783. The predicted molar refractivity (Wildman–Crippen MR) is 341 cm³/mol. The molecule has 17 unspecified atom stereocenters. The number of unbranched alkanes of at least 4 members (excludes halogenated alkanes) is 22. The average molecular weight is 1250 g/mol. The predicted octanol–water partition coefficient (Wildman–Crippen LogP) is 8.32. The zero-order valence-corrected chi connectivity index (χ0v) is 53.4. The normalized spacial score (nSPS) is 28.9. The maximum Gasteiger partial charge on any atom is 0.220 e. The van der Waals surface area contributed by atoms with Crippen molar-refractivity contribution >= 4 is 5.91 Å². The third kappa shape index (κ3) is 32.5. The highest BCUT2D eigenvalue weighted by Crippen LogP contribution is 2.33. The van der Waals surface area contributed by atoms with E-state index in [4.69, 9.17) is 28.4 Å². The quantitative estimate of drug-likeness (QED) is 0.0201. The van der Waals surface area contributed by atoms with E-state index in [0.29, 0.717) is 6.42 Å². The van der Waals surface area contributed by atoms with Crippen LogP contribution in [0.5, 0.6) is 0 Å². The van der Waals surface area contributed by atoms with Crippen molar-refractivity contribution in [2.45, 2.75) is 317 Å². The monoisotopic (exact) mass is 1250 g/mol. The zero-order chi connectivity index (χ0) is 64.0. The zero-order valence-electron chi connectivity index (χ0n) is 53.4. The lowest BCUT2D eigenvalue weighted by molar-refractivity contribution is -0.379. The van der Waals surface area contributed by atoms with Crippen LogP contribution in [-0.2, 0) is 33.2 Å². The summed E-state index contributed by atoms with van der Waals surface area (Å²) in [5.74, 6) is -0.287. The third-order valence-corrected chi connectivity index (χ3v) is 16.4. The lowest BCUT2D eigenvalue weighted by Gasteiger charge is -2.48. The lowest BCUT2D eigenvalue weighted by Crippen LogP contribution is -2.66. The highest BCUT2D eigenvalue weighted by molar-refractivity contribution is 5.76. The Kier molecular flexibility index (Phi) is 45.5. The van der Waals surface area contributed by atoms with Crippen LogP contribution in [0.3, 0.4) is 0 Å². The molecule has 0 aromatic rings. The molecule has 17 atom stereocenters. The minimum Gasteiger partial charge on any atom is -0.394 e. The van der Waals surface area contributed by atoms with E-state index in [1.807, 2.05) is 6.08 Å². The summed E-state index contributed by atoms with van der Waals surface area (Å²) >= 11 is 0. The van der Waals surface area contributed by atoms with Crippen LogP contribution in [0.4, 0.5) is 0 Å². The SMILES string of the molecule is CC/C=C\C/C=C\C/C=C\C/C=C\C/C=C\C/C=C\CCCCCCCCCCC(=O)NC(COC1OC(CO)C(OC2OC(CO)C(OC3OC(CO)C(O)C(O)C3O)C(O)C2O)C(O)C1O)C(O)/C=C/CCCCCCCCCCCCCCCC. The molecule has 0 saturated carbocycles. The van der Waals surface area contributed by atoms with E-state index >= 15 is 0 Å². The Bertz CT molecular complexity index is 1930. The summed E-state index contributed by atoms with van der Waals surface area (Å²) in [5.41, 5.74) is 0. The van der Waals surface area contributed by atoms with E-state index in [2.05, 4.69) is 92.1 Å². The van der Waals surface area contributed by atoms with Crippen LogP contribution >= 0.6 is 0 Å². The molecular weight excluding hydrogens is 1130 g/mol. The fourth-order valence-corrected chi connectivity index (χ4v) is 11.0. The maximum absolute atomic E-state index is 13.4. The maximum atomic E-state index is 13.4. The van der Waals surface area contributed by atoms with E-state index in [9.17, 15) is 61.0 Å². The molecule has 508 valence electrons. The van der Waals surface area contributed by atoms with Gasteiger partial charge in [-0.05, 0) is 70.6 Å². The topological polar surface area (TPSA) is 307 Å². The molecule has 3 rings (SSSR count). The first-order chi connectivity index (χ1) is 42.8. The summed E-state index contributed by atoms with van der Waals surface area (Å²) in [6, 6.07) is -0.983. The van der Waals surface area contributed by atoms with Crippen molar-refractivity contribution in [2.24, 2.45) is 0 Å². The summed E-state index contributed by atoms with van der Waals surface area (Å²) < 4.78 is 34.3. The van der Waals surface area contributed by atoms with E-state index in [1.54, 1.807) is 6.08 Å². The fourth-order valence-electron chi connectivity index (χ4n) is 11.0. The van der Waals surface area contributed by atoms with Gasteiger partial charge in [0.25, 0.3) is 0 Å². The number of carbonyl (C=O) groups is 1. The number of amides is 1. The van der Waals surface area contributed by atoms with Crippen LogP contribution in [-0.4, -0.2) is 193 Å². The molecule has 88 heavy (non-hydrogen) atoms. The first-order valence-corrected chi connectivity index (χ1v) is 33.8. The summed E-state index contributed by atoms with van der Waals surface area (Å²) in [6.07, 6.45) is 36.9. The van der Waals surface area contributed by atoms with E-state index < -0.39 is 124 Å². The molecule has 3 saturated heterocycles. The number of allylic oxidation sites excluding steroid dienone is 13. The standard InChI is InChI=1S/C69H119NO18/c1-3-5-7-9-11-13-15-17-19-21-22-23-24-25-26-27-28-29-30-31-33-35-37-39-41-43-45-47-57(75)70-52(53(74)46-44-42-40-38-36-34-32-20-18-16-14-12-10-8-6-4-2)51-83-67-63(81)60(78)65(55(49-72)85-67)88-69-64(82)61(79)66(56(50-73)86-69)87-68-62(80)59(77)58(76)54(48-71)84-68/h5,7,11,13,17,19,22-23,25-26,28-29,44,46,52-56,58-69,71-74,76-82H,3-4,6,8-10,12,14-16,18,20-21,24,27,30-43,45,47-51H2,1-2H3,(H,70,75)/b7-5-,13-11-,19-17-,23-22-,26-25-,29-28-,46-44+. The van der Waals surface area contributed by atoms with Crippen molar-refractivity contribution in [2.75, 3.05) is 26.4 Å². The second-order valence-electron chi connectivity index (χ2n) is 23.9. The molecule has 12 N–H and O–H groups in total. The Balaban J connectivity index is 1.44. The first kappa shape index (κ1) is 79.2. The molecular formula is C69H119NO18. The second-order valence-corrected chi connectivity index (χ2v) is 23.9. The Hall–Kier alpha value is -3.03. The van der Waals surface area contributed by atoms with Crippen molar-refractivity contribution in [1.29, 1.82) is 0 Å². The number of ether oxygens (including phenoxy) is 6. The van der Waals surface area contributed by atoms with Gasteiger partial charge in [-0.15, -0.1) is 0 Å². The van der Waals surface area contributed by atoms with E-state index in [-0.39, 0.29) is 18.9 Å². The van der Waals surface area contributed by atoms with E-state index in [1.165, 1.54) is 83.5 Å². The van der Waals surface area contributed by atoms with Crippen LogP contribution in [0.25, 0.3) is 0 Å². The molecule has 19 heteroatoms. The summed E-state index contributed by atoms with van der Waals surface area (Å²) in [5, 5.41) is 120. The summed E-state index contributed by atoms with van der Waals surface area (Å²) in [4.78, 5) is 13.4. The van der Waals surface area contributed by atoms with Crippen LogP contribution in [0.15, 0.2) is 85.1 Å². The van der Waals surface area contributed by atoms with Gasteiger partial charge in [0.15, 0.2) is 18.9 Å². The molecule has 0 radical (unpaired) electrons. The second kappa shape index (κ2) is 50.5. The molecule has 1 amide bonds. The molecule has 0 aromatic carbocycles. The van der Waals surface area contributed by atoms with Gasteiger partial charge in [0.2, 0.25) is 5.91 Å². The number of aliphatic hydroxyl groups excluding tert-OH is 11. The number of nitrogens with one attached hydrogen (secondary N) is 1. The highest BCUT2D eigenvalue weighted by Gasteiger charge is 2.53. The van der Waals surface area contributed by atoms with Gasteiger partial charge in [-0.2, -0.15) is 0 Å². The molecule has 19 nitrogen and oxygen atoms in total. The van der Waals surface area contributed by atoms with Crippen molar-refractivity contribution in [3.63, 3.8) is 0 Å². The number of carbonyl (C=O) groups excluding carboxylic acids is 1. The van der Waals surface area contributed by atoms with Gasteiger partial charge in [-0.1, -0.05) is 221 Å². The Morgan fingerprint density at radius 2 is 0.784 bits per heavy atom. The third-order valence-electron chi connectivity index (χ3n) is 16.4. The molecule has 3 aliphatic heterocycles. The number of rotatable bonds is 50. The molecule has 0 aliphatic carbocycles. The van der Waals surface area contributed by atoms with Gasteiger partial charge in [-0.25, -0.2) is 0 Å². The van der Waals surface area contributed by atoms with Crippen LogP contribution < -0.4 is 5.32 Å². The van der Waals surface area contributed by atoms with Crippen LogP contribution in [0.1, 0.15) is 213 Å². The highest BCUT2D eigenvalue weighted by atomic mass is 16.8. The van der Waals surface area contributed by atoms with Crippen LogP contribution in [0, 0.1) is 0 Å². The molecule has 3 aliphatic rings. The molecule has 3 fully saturated rings. The van der Waals surface area contributed by atoms with Gasteiger partial charge in [0.05, 0.1) is 38.6 Å². The van der Waals surface area contributed by atoms with Gasteiger partial charge in [0.1, 0.15) is 73.2 Å². The molecule has 0 spiro atoms. The van der Waals surface area contributed by atoms with Gasteiger partial charge in [-0.3, -0.25) is 4.79 Å². The van der Waals surface area contributed by atoms with E-state index in [0.717, 1.165) is 103 Å². The lowest BCUT2D eigenvalue weighted by atomic mass is 9.96. The van der Waals surface area contributed by atoms with Gasteiger partial charge >= 0.3 is 0 Å². The summed E-state index contributed by atoms with van der Waals surface area (Å²) in [6.45, 7) is 1.60. The van der Waals surface area contributed by atoms with Gasteiger partial charge in [0, 0.05) is 6.42 Å². The smallest absolute Gasteiger partial charge is 0.220 e. The minimum absolute atomic E-state index is 0.229. The Morgan fingerprint density at radius 1 is 0.420 bits per heavy atom. The van der Waals surface area contributed by atoms with Gasteiger partial charge < -0.3 is 89.9 Å². The Morgan fingerprint density at radius 3 is 1.23 bits per heavy atom. The number of aliphatic hydroxyl groups is 11. The largest absolute Gasteiger partial charge is 0.394 e. The number of hydrogen-bond donors (Lipinski definition) is 12. The first-order valence-electron chi connectivity index (χ1n) is 33.8. The molecule has 3 heterocycles. The average Bonchev–Trinajstić information content (AvgIpc) is 3.39. The van der Waals surface area contributed by atoms with Crippen molar-refractivity contribution < 1.29 is 89.4 Å². The minimum atomic E-state index is -1.98. The molecule has 0 aromatic heterocycles. The van der Waals surface area contributed by atoms with Crippen LogP contribution in [0.2, 0.25) is 0 Å². The van der Waals surface area contributed by atoms with Crippen molar-refractivity contribution in [3.8, 4) is 0 Å². The Labute approximate surface area is 527 Å². The summed E-state index contributed by atoms with van der Waals surface area (Å²) in [7, 11) is 0.